The van der Waals surface area contributed by atoms with E-state index in [0.717, 1.165) is 53.3 Å². The molecule has 5 nitrogen and oxygen atoms in total. The molecule has 2 aromatic rings. The second kappa shape index (κ2) is 8.62. The lowest BCUT2D eigenvalue weighted by Crippen LogP contribution is -2.43. The first-order chi connectivity index (χ1) is 15.3. The van der Waals surface area contributed by atoms with Crippen LogP contribution in [0.1, 0.15) is 51.9 Å². The number of hydrogen-bond acceptors (Lipinski definition) is 5. The molecule has 1 saturated heterocycles. The van der Waals surface area contributed by atoms with Crippen molar-refractivity contribution in [2.24, 2.45) is 0 Å². The highest BCUT2D eigenvalue weighted by Crippen LogP contribution is 2.49. The van der Waals surface area contributed by atoms with Crippen LogP contribution in [0.5, 0.6) is 11.5 Å². The van der Waals surface area contributed by atoms with E-state index in [1.165, 1.54) is 5.56 Å². The number of benzene rings is 2. The van der Waals surface area contributed by atoms with E-state index in [1.54, 1.807) is 14.2 Å². The van der Waals surface area contributed by atoms with Crippen LogP contribution in [-0.4, -0.2) is 44.7 Å². The van der Waals surface area contributed by atoms with Crippen LogP contribution >= 0.6 is 0 Å². The summed E-state index contributed by atoms with van der Waals surface area (Å²) in [6.45, 7) is 6.99. The van der Waals surface area contributed by atoms with Crippen LogP contribution in [-0.2, 0) is 10.2 Å². The van der Waals surface area contributed by atoms with Crippen molar-refractivity contribution in [1.29, 1.82) is 0 Å². The Morgan fingerprint density at radius 3 is 2.38 bits per heavy atom. The van der Waals surface area contributed by atoms with Crippen LogP contribution in [0, 0.1) is 20.8 Å². The lowest BCUT2D eigenvalue weighted by Gasteiger charge is -2.40. The number of rotatable bonds is 5. The van der Waals surface area contributed by atoms with Crippen molar-refractivity contribution in [3.05, 3.63) is 70.0 Å². The van der Waals surface area contributed by atoms with Gasteiger partial charge in [0.1, 0.15) is 5.76 Å². The summed E-state index contributed by atoms with van der Waals surface area (Å²) >= 11 is 0. The van der Waals surface area contributed by atoms with Gasteiger partial charge in [-0.3, -0.25) is 0 Å². The number of carbonyl (C=O) groups excluding carboxylic acids is 1. The van der Waals surface area contributed by atoms with Crippen molar-refractivity contribution in [3.63, 3.8) is 0 Å². The maximum Gasteiger partial charge on any atom is 0.343 e. The molecule has 1 aliphatic carbocycles. The molecule has 1 heterocycles. The fourth-order valence-corrected chi connectivity index (χ4v) is 5.64. The van der Waals surface area contributed by atoms with Gasteiger partial charge >= 0.3 is 5.97 Å². The van der Waals surface area contributed by atoms with Gasteiger partial charge in [0, 0.05) is 17.9 Å². The molecule has 2 atom stereocenters. The van der Waals surface area contributed by atoms with E-state index in [9.17, 15) is 4.79 Å². The molecule has 2 aromatic carbocycles. The largest absolute Gasteiger partial charge is 0.493 e. The number of methoxy groups -OCH3 is 2. The fourth-order valence-electron chi connectivity index (χ4n) is 5.64. The van der Waals surface area contributed by atoms with E-state index in [4.69, 9.17) is 14.2 Å². The van der Waals surface area contributed by atoms with Gasteiger partial charge in [-0.1, -0.05) is 23.8 Å². The first-order valence-electron chi connectivity index (χ1n) is 11.2. The Morgan fingerprint density at radius 2 is 1.72 bits per heavy atom. The molecular formula is C27H33NO4. The van der Waals surface area contributed by atoms with Gasteiger partial charge in [-0.15, -0.1) is 0 Å². The van der Waals surface area contributed by atoms with Crippen molar-refractivity contribution in [2.45, 2.75) is 51.5 Å². The van der Waals surface area contributed by atoms with Crippen LogP contribution in [0.15, 0.2) is 42.2 Å². The van der Waals surface area contributed by atoms with Gasteiger partial charge in [-0.25, -0.2) is 4.79 Å². The smallest absolute Gasteiger partial charge is 0.343 e. The normalized spacial score (nSPS) is 22.8. The number of ether oxygens (including phenoxy) is 3. The Hall–Kier alpha value is -2.79. The lowest BCUT2D eigenvalue weighted by atomic mass is 9.68. The summed E-state index contributed by atoms with van der Waals surface area (Å²) < 4.78 is 17.0. The third kappa shape index (κ3) is 3.79. The number of likely N-dealkylation sites (tertiary alicyclic amines) is 1. The van der Waals surface area contributed by atoms with Crippen molar-refractivity contribution in [3.8, 4) is 11.5 Å². The first kappa shape index (κ1) is 22.4. The van der Waals surface area contributed by atoms with Gasteiger partial charge < -0.3 is 19.1 Å². The van der Waals surface area contributed by atoms with E-state index < -0.39 is 0 Å². The van der Waals surface area contributed by atoms with Crippen LogP contribution < -0.4 is 9.47 Å². The molecule has 5 heteroatoms. The third-order valence-electron chi connectivity index (χ3n) is 7.23. The van der Waals surface area contributed by atoms with Crippen molar-refractivity contribution >= 4 is 5.97 Å². The molecule has 170 valence electrons. The SMILES string of the molecule is COc1ccc([C@@]23CC=C(OC(=O)c4c(C)cc(C)cc4C)C[C@@H]2N(C)CC3)cc1OC. The topological polar surface area (TPSA) is 48.0 Å². The maximum absolute atomic E-state index is 13.0. The summed E-state index contributed by atoms with van der Waals surface area (Å²) in [5.74, 6) is 1.99. The molecule has 0 amide bonds. The first-order valence-corrected chi connectivity index (χ1v) is 11.2. The van der Waals surface area contributed by atoms with Gasteiger partial charge in [0.05, 0.1) is 19.8 Å². The second-order valence-electron chi connectivity index (χ2n) is 9.21. The molecule has 0 aromatic heterocycles. The van der Waals surface area contributed by atoms with E-state index >= 15 is 0 Å². The third-order valence-corrected chi connectivity index (χ3v) is 7.23. The monoisotopic (exact) mass is 435 g/mol. The standard InChI is InChI=1S/C27H33NO4/c1-17-13-18(2)25(19(3)14-17)26(29)32-21-9-10-27(11-12-28(4)24(27)16-21)20-7-8-22(30-5)23(15-20)31-6/h7-9,13-15,24H,10-12,16H2,1-6H3/t24-,27-/m0/s1. The summed E-state index contributed by atoms with van der Waals surface area (Å²) in [6.07, 6.45) is 4.70. The molecule has 0 bridgehead atoms. The number of esters is 1. The Balaban J connectivity index is 1.62. The Labute approximate surface area is 191 Å². The molecule has 0 N–H and O–H groups in total. The van der Waals surface area contributed by atoms with Crippen molar-refractivity contribution < 1.29 is 19.0 Å². The number of nitrogens with zero attached hydrogens (tertiary/aromatic N) is 1. The Kier molecular flexibility index (Phi) is 6.04. The van der Waals surface area contributed by atoms with Crippen LogP contribution in [0.3, 0.4) is 0 Å². The van der Waals surface area contributed by atoms with E-state index in [-0.39, 0.29) is 17.4 Å². The number of carbonyl (C=O) groups is 1. The summed E-state index contributed by atoms with van der Waals surface area (Å²) in [5, 5.41) is 0. The van der Waals surface area contributed by atoms with Crippen molar-refractivity contribution in [2.75, 3.05) is 27.8 Å². The van der Waals surface area contributed by atoms with Gasteiger partial charge in [0.2, 0.25) is 0 Å². The summed E-state index contributed by atoms with van der Waals surface area (Å²) in [5.41, 5.74) is 4.97. The van der Waals surface area contributed by atoms with E-state index in [1.807, 2.05) is 39.0 Å². The number of fused-ring (bicyclic) bond motifs is 1. The van der Waals surface area contributed by atoms with Gasteiger partial charge in [0.25, 0.3) is 0 Å². The molecule has 0 unspecified atom stereocenters. The molecule has 4 rings (SSSR count). The number of likely N-dealkylation sites (N-methyl/N-ethyl adjacent to an activating group) is 1. The predicted octanol–water partition coefficient (Wildman–Crippen LogP) is 5.11. The minimum Gasteiger partial charge on any atom is -0.493 e. The lowest BCUT2D eigenvalue weighted by molar-refractivity contribution is 0.0578. The van der Waals surface area contributed by atoms with Gasteiger partial charge in [-0.05, 0) is 82.1 Å². The molecule has 0 radical (unpaired) electrons. The molecule has 0 spiro atoms. The fraction of sp³-hybridized carbons (Fsp3) is 0.444. The predicted molar refractivity (Wildman–Crippen MR) is 126 cm³/mol. The molecule has 2 aliphatic rings. The molecule has 1 aliphatic heterocycles. The molecule has 32 heavy (non-hydrogen) atoms. The average molecular weight is 436 g/mol. The van der Waals surface area contributed by atoms with Crippen LogP contribution in [0.4, 0.5) is 0 Å². The highest BCUT2D eigenvalue weighted by atomic mass is 16.5. The number of allylic oxidation sites excluding steroid dienone is 1. The van der Waals surface area contributed by atoms with E-state index in [0.29, 0.717) is 12.0 Å². The Morgan fingerprint density at radius 1 is 1.03 bits per heavy atom. The van der Waals surface area contributed by atoms with Gasteiger partial charge in [-0.2, -0.15) is 0 Å². The minimum absolute atomic E-state index is 0.0279. The molecular weight excluding hydrogens is 402 g/mol. The molecule has 1 fully saturated rings. The summed E-state index contributed by atoms with van der Waals surface area (Å²) in [6, 6.07) is 10.6. The quantitative estimate of drug-likeness (QED) is 0.611. The number of aryl methyl sites for hydroxylation is 3. The van der Waals surface area contributed by atoms with Crippen molar-refractivity contribution in [1.82, 2.24) is 4.90 Å². The summed E-state index contributed by atoms with van der Waals surface area (Å²) in [4.78, 5) is 15.4. The zero-order chi connectivity index (χ0) is 23.0. The zero-order valence-electron chi connectivity index (χ0n) is 20.0. The van der Waals surface area contributed by atoms with E-state index in [2.05, 4.69) is 30.2 Å². The molecule has 0 saturated carbocycles. The average Bonchev–Trinajstić information content (AvgIpc) is 3.09. The Bertz CT molecular complexity index is 1050. The van der Waals surface area contributed by atoms with Crippen LogP contribution in [0.2, 0.25) is 0 Å². The second-order valence-corrected chi connectivity index (χ2v) is 9.21. The highest BCUT2D eigenvalue weighted by molar-refractivity contribution is 5.93. The number of hydrogen-bond donors (Lipinski definition) is 0. The minimum atomic E-state index is -0.259. The summed E-state index contributed by atoms with van der Waals surface area (Å²) in [7, 11) is 5.49. The maximum atomic E-state index is 13.0. The van der Waals surface area contributed by atoms with Gasteiger partial charge in [0.15, 0.2) is 11.5 Å². The van der Waals surface area contributed by atoms with Crippen LogP contribution in [0.25, 0.3) is 0 Å². The highest BCUT2D eigenvalue weighted by Gasteiger charge is 2.49. The zero-order valence-corrected chi connectivity index (χ0v) is 20.0.